The molecule has 1 aliphatic carbocycles. The maximum atomic E-state index is 7.77. The van der Waals surface area contributed by atoms with Crippen LogP contribution in [-0.2, 0) is 22.8 Å². The van der Waals surface area contributed by atoms with E-state index < -0.39 is 25.0 Å². The van der Waals surface area contributed by atoms with E-state index in [9.17, 15) is 0 Å². The molecule has 52 heavy (non-hydrogen) atoms. The van der Waals surface area contributed by atoms with Gasteiger partial charge in [-0.05, 0) is 96.1 Å². The first-order valence-electron chi connectivity index (χ1n) is 21.0. The summed E-state index contributed by atoms with van der Waals surface area (Å²) >= 11 is 0. The van der Waals surface area contributed by atoms with Crippen molar-refractivity contribution in [2.75, 3.05) is 19.8 Å². The van der Waals surface area contributed by atoms with Gasteiger partial charge in [0.15, 0.2) is 22.9 Å². The Bertz CT molecular complexity index is 1250. The molecule has 1 unspecified atom stereocenters. The molecule has 0 aromatic heterocycles. The van der Waals surface area contributed by atoms with Crippen molar-refractivity contribution in [3.8, 4) is 0 Å². The molecule has 1 saturated heterocycles. The zero-order valence-corrected chi connectivity index (χ0v) is 37.5. The van der Waals surface area contributed by atoms with Crippen LogP contribution in [-0.4, -0.2) is 63.3 Å². The zero-order valence-electron chi connectivity index (χ0n) is 34.5. The standard InChI is InChI=1S/C44H74O5Si3/c1-10-50(11-2,12-3)48-41-35-42(49-51(13-4,14-5)15-6)40(39(41)31-23-18-25-33-45-43-32-24-26-34-46-43)36-47-52(44(7,8)9,37-27-19-16-20-28-37)38-29-21-17-22-30-38/h16-23,27-30,39-43H,10-15,24-26,31-36H2,1-9H3/b23-18-/t39-,40+,41-,42+,43?/m1/s1. The maximum absolute atomic E-state index is 7.77. The summed E-state index contributed by atoms with van der Waals surface area (Å²) in [7, 11) is -6.52. The van der Waals surface area contributed by atoms with Crippen LogP contribution in [0.2, 0.25) is 41.3 Å². The average molecular weight is 767 g/mol. The largest absolute Gasteiger partial charge is 0.414 e. The number of allylic oxidation sites excluding steroid dienone is 1. The molecule has 0 N–H and O–H groups in total. The van der Waals surface area contributed by atoms with Crippen LogP contribution < -0.4 is 10.4 Å². The summed E-state index contributed by atoms with van der Waals surface area (Å²) in [6.07, 6.45) is 11.2. The van der Waals surface area contributed by atoms with Gasteiger partial charge in [-0.2, -0.15) is 0 Å². The summed E-state index contributed by atoms with van der Waals surface area (Å²) in [6.45, 7) is 23.5. The lowest BCUT2D eigenvalue weighted by Crippen LogP contribution is -2.67. The van der Waals surface area contributed by atoms with Crippen molar-refractivity contribution in [3.63, 3.8) is 0 Å². The number of ether oxygens (including phenoxy) is 2. The number of hydrogen-bond donors (Lipinski definition) is 0. The molecule has 8 heteroatoms. The van der Waals surface area contributed by atoms with Crippen molar-refractivity contribution < 1.29 is 22.8 Å². The van der Waals surface area contributed by atoms with E-state index in [1.165, 1.54) is 16.8 Å². The van der Waals surface area contributed by atoms with E-state index >= 15 is 0 Å². The third-order valence-corrected chi connectivity index (χ3v) is 27.2. The molecule has 0 spiro atoms. The van der Waals surface area contributed by atoms with Crippen molar-refractivity contribution in [3.05, 3.63) is 72.8 Å². The predicted octanol–water partition coefficient (Wildman–Crippen LogP) is 10.9. The van der Waals surface area contributed by atoms with Gasteiger partial charge in [0.2, 0.25) is 0 Å². The minimum absolute atomic E-state index is 0.0361. The molecule has 4 rings (SSSR count). The normalized spacial score (nSPS) is 23.4. The third-order valence-electron chi connectivity index (χ3n) is 12.8. The van der Waals surface area contributed by atoms with Gasteiger partial charge in [0.1, 0.15) is 0 Å². The van der Waals surface area contributed by atoms with Crippen LogP contribution in [0.3, 0.4) is 0 Å². The first-order chi connectivity index (χ1) is 25.1. The van der Waals surface area contributed by atoms with Crippen molar-refractivity contribution in [2.24, 2.45) is 11.8 Å². The fraction of sp³-hybridized carbons (Fsp3) is 0.682. The summed E-state index contributed by atoms with van der Waals surface area (Å²) in [5.41, 5.74) is 0. The lowest BCUT2D eigenvalue weighted by Gasteiger charge is -2.44. The molecule has 2 fully saturated rings. The number of benzene rings is 2. The highest BCUT2D eigenvalue weighted by Gasteiger charge is 2.54. The molecule has 0 bridgehead atoms. The van der Waals surface area contributed by atoms with Crippen molar-refractivity contribution in [2.45, 2.75) is 161 Å². The summed E-state index contributed by atoms with van der Waals surface area (Å²) in [6, 6.07) is 29.2. The second kappa shape index (κ2) is 20.5. The molecular weight excluding hydrogens is 693 g/mol. The van der Waals surface area contributed by atoms with Crippen LogP contribution in [0.25, 0.3) is 0 Å². The van der Waals surface area contributed by atoms with E-state index in [0.717, 1.165) is 75.0 Å². The minimum atomic E-state index is -2.74. The maximum Gasteiger partial charge on any atom is 0.261 e. The molecular formula is C44H74O5Si3. The Hall–Kier alpha value is -1.37. The zero-order chi connectivity index (χ0) is 37.7. The Balaban J connectivity index is 1.72. The molecule has 2 aliphatic rings. The van der Waals surface area contributed by atoms with Gasteiger partial charge in [0.25, 0.3) is 8.32 Å². The van der Waals surface area contributed by atoms with E-state index in [1.54, 1.807) is 0 Å². The molecule has 1 aliphatic heterocycles. The molecule has 5 nitrogen and oxygen atoms in total. The van der Waals surface area contributed by atoms with Gasteiger partial charge in [0, 0.05) is 19.1 Å². The molecule has 1 heterocycles. The van der Waals surface area contributed by atoms with Crippen LogP contribution in [0.5, 0.6) is 0 Å². The molecule has 2 aromatic carbocycles. The lowest BCUT2D eigenvalue weighted by molar-refractivity contribution is -0.161. The number of hydrogen-bond acceptors (Lipinski definition) is 5. The Morgan fingerprint density at radius 2 is 1.21 bits per heavy atom. The highest BCUT2D eigenvalue weighted by atomic mass is 28.4. The summed E-state index contributed by atoms with van der Waals surface area (Å²) in [5, 5.41) is 2.59. The summed E-state index contributed by atoms with van der Waals surface area (Å²) in [5.74, 6) is 0.577. The molecule has 0 radical (unpaired) electrons. The minimum Gasteiger partial charge on any atom is -0.414 e. The van der Waals surface area contributed by atoms with Gasteiger partial charge >= 0.3 is 0 Å². The molecule has 2 aromatic rings. The third kappa shape index (κ3) is 10.5. The van der Waals surface area contributed by atoms with Gasteiger partial charge in [-0.15, -0.1) is 0 Å². The molecule has 292 valence electrons. The van der Waals surface area contributed by atoms with Crippen molar-refractivity contribution in [1.82, 2.24) is 0 Å². The lowest BCUT2D eigenvalue weighted by atomic mass is 9.91. The fourth-order valence-corrected chi connectivity index (χ4v) is 19.5. The first kappa shape index (κ1) is 43.4. The Morgan fingerprint density at radius 3 is 1.67 bits per heavy atom. The average Bonchev–Trinajstić information content (AvgIpc) is 3.49. The smallest absolute Gasteiger partial charge is 0.261 e. The van der Waals surface area contributed by atoms with Gasteiger partial charge < -0.3 is 22.8 Å². The summed E-state index contributed by atoms with van der Waals surface area (Å²) < 4.78 is 34.7. The Labute approximate surface area is 322 Å². The molecule has 1 saturated carbocycles. The molecule has 0 amide bonds. The monoisotopic (exact) mass is 766 g/mol. The topological polar surface area (TPSA) is 46.2 Å². The van der Waals surface area contributed by atoms with Gasteiger partial charge in [-0.3, -0.25) is 0 Å². The highest BCUT2D eigenvalue weighted by molar-refractivity contribution is 6.99. The van der Waals surface area contributed by atoms with E-state index in [4.69, 9.17) is 22.8 Å². The van der Waals surface area contributed by atoms with Crippen molar-refractivity contribution >= 4 is 35.3 Å². The SMILES string of the molecule is CC[Si](CC)(CC)O[C@H]1C[C@@H](O[Si](CC)(CC)CC)[C@H](C/C=C\CCOC2CCCCO2)[C@@H]1CO[Si](c1ccccc1)(c1ccccc1)C(C)(C)C. The molecule has 5 atom stereocenters. The highest BCUT2D eigenvalue weighted by Crippen LogP contribution is 2.45. The second-order valence-corrected chi connectivity index (χ2v) is 30.3. The number of rotatable bonds is 21. The Morgan fingerprint density at radius 1 is 0.692 bits per heavy atom. The van der Waals surface area contributed by atoms with E-state index in [1.807, 2.05) is 0 Å². The fourth-order valence-electron chi connectivity index (χ4n) is 9.06. The van der Waals surface area contributed by atoms with Crippen LogP contribution in [0.15, 0.2) is 72.8 Å². The van der Waals surface area contributed by atoms with Gasteiger partial charge in [-0.1, -0.05) is 135 Å². The predicted molar refractivity (Wildman–Crippen MR) is 227 cm³/mol. The van der Waals surface area contributed by atoms with E-state index in [-0.39, 0.29) is 29.5 Å². The van der Waals surface area contributed by atoms with Crippen LogP contribution >= 0.6 is 0 Å². The van der Waals surface area contributed by atoms with E-state index in [2.05, 4.69) is 135 Å². The van der Waals surface area contributed by atoms with Crippen LogP contribution in [0.4, 0.5) is 0 Å². The van der Waals surface area contributed by atoms with E-state index in [0.29, 0.717) is 19.1 Å². The Kier molecular flexibility index (Phi) is 17.1. The van der Waals surface area contributed by atoms with Gasteiger partial charge in [0.05, 0.1) is 18.8 Å². The van der Waals surface area contributed by atoms with Crippen LogP contribution in [0, 0.1) is 11.8 Å². The quantitative estimate of drug-likeness (QED) is 0.0719. The second-order valence-electron chi connectivity index (χ2n) is 16.5. The van der Waals surface area contributed by atoms with Gasteiger partial charge in [-0.25, -0.2) is 0 Å². The first-order valence-corrected chi connectivity index (χ1v) is 28.0. The van der Waals surface area contributed by atoms with Crippen LogP contribution in [0.1, 0.15) is 101 Å². The summed E-state index contributed by atoms with van der Waals surface area (Å²) in [4.78, 5) is 0. The van der Waals surface area contributed by atoms with Crippen molar-refractivity contribution in [1.29, 1.82) is 0 Å².